The SMILES string of the molecule is CC1CC(C)CN(S(=O)(=O)c2cccc(C(=O)NC(c3nc(C4CC4)no3)C(C)C)c2)C1. The molecule has 2 aliphatic rings. The van der Waals surface area contributed by atoms with Crippen LogP contribution in [0.5, 0.6) is 0 Å². The van der Waals surface area contributed by atoms with Gasteiger partial charge in [0.1, 0.15) is 6.04 Å². The fraction of sp³-hybridized carbons (Fsp3) is 0.609. The third-order valence-electron chi connectivity index (χ3n) is 6.19. The maximum atomic E-state index is 13.2. The highest BCUT2D eigenvalue weighted by molar-refractivity contribution is 7.89. The molecule has 0 radical (unpaired) electrons. The summed E-state index contributed by atoms with van der Waals surface area (Å²) in [5, 5.41) is 7.00. The standard InChI is InChI=1S/C23H32N4O4S/c1-14(2)20(23-25-21(26-31-23)17-8-9-17)24-22(28)18-6-5-7-19(11-18)32(29,30)27-12-15(3)10-16(4)13-27/h5-7,11,14-17,20H,8-10,12-13H2,1-4H3,(H,24,28). The Morgan fingerprint density at radius 3 is 2.50 bits per heavy atom. The fourth-order valence-electron chi connectivity index (χ4n) is 4.37. The van der Waals surface area contributed by atoms with Crippen LogP contribution >= 0.6 is 0 Å². The molecule has 4 rings (SSSR count). The molecule has 174 valence electrons. The molecule has 2 aromatic rings. The molecule has 32 heavy (non-hydrogen) atoms. The fourth-order valence-corrected chi connectivity index (χ4v) is 6.09. The number of carbonyl (C=O) groups excluding carboxylic acids is 1. The molecule has 1 N–H and O–H groups in total. The van der Waals surface area contributed by atoms with Gasteiger partial charge in [-0.2, -0.15) is 9.29 Å². The van der Waals surface area contributed by atoms with Crippen molar-refractivity contribution < 1.29 is 17.7 Å². The molecule has 1 saturated heterocycles. The Hall–Kier alpha value is -2.26. The summed E-state index contributed by atoms with van der Waals surface area (Å²) in [7, 11) is -3.67. The highest BCUT2D eigenvalue weighted by atomic mass is 32.2. The van der Waals surface area contributed by atoms with Crippen LogP contribution in [0.25, 0.3) is 0 Å². The van der Waals surface area contributed by atoms with E-state index in [2.05, 4.69) is 29.3 Å². The van der Waals surface area contributed by atoms with Crippen LogP contribution in [-0.4, -0.2) is 41.9 Å². The second-order valence-electron chi connectivity index (χ2n) is 9.76. The molecular weight excluding hydrogens is 428 g/mol. The molecule has 0 spiro atoms. The number of nitrogens with zero attached hydrogens (tertiary/aromatic N) is 3. The number of hydrogen-bond donors (Lipinski definition) is 1. The number of aromatic nitrogens is 2. The summed E-state index contributed by atoms with van der Waals surface area (Å²) in [6.45, 7) is 9.07. The van der Waals surface area contributed by atoms with Gasteiger partial charge in [-0.25, -0.2) is 8.42 Å². The quantitative estimate of drug-likeness (QED) is 0.675. The van der Waals surface area contributed by atoms with Gasteiger partial charge in [0.05, 0.1) is 4.90 Å². The van der Waals surface area contributed by atoms with E-state index in [9.17, 15) is 13.2 Å². The van der Waals surface area contributed by atoms with Gasteiger partial charge < -0.3 is 9.84 Å². The topological polar surface area (TPSA) is 105 Å². The molecule has 1 amide bonds. The minimum atomic E-state index is -3.67. The van der Waals surface area contributed by atoms with Crippen molar-refractivity contribution in [3.05, 3.63) is 41.5 Å². The molecule has 1 aromatic heterocycles. The van der Waals surface area contributed by atoms with E-state index in [4.69, 9.17) is 4.52 Å². The van der Waals surface area contributed by atoms with Gasteiger partial charge in [-0.3, -0.25) is 4.79 Å². The number of hydrogen-bond acceptors (Lipinski definition) is 6. The van der Waals surface area contributed by atoms with E-state index in [1.54, 1.807) is 18.2 Å². The number of piperidine rings is 1. The van der Waals surface area contributed by atoms with Crippen LogP contribution in [0.15, 0.2) is 33.7 Å². The summed E-state index contributed by atoms with van der Waals surface area (Å²) in [4.78, 5) is 17.7. The van der Waals surface area contributed by atoms with Crippen molar-refractivity contribution in [2.24, 2.45) is 17.8 Å². The minimum Gasteiger partial charge on any atom is -0.340 e. The van der Waals surface area contributed by atoms with Crippen LogP contribution in [0.1, 0.15) is 81.0 Å². The summed E-state index contributed by atoms with van der Waals surface area (Å²) in [5.41, 5.74) is 0.289. The molecule has 1 aliphatic heterocycles. The highest BCUT2D eigenvalue weighted by Gasteiger charge is 2.33. The zero-order chi connectivity index (χ0) is 23.0. The summed E-state index contributed by atoms with van der Waals surface area (Å²) in [6, 6.07) is 5.79. The van der Waals surface area contributed by atoms with Gasteiger partial charge >= 0.3 is 0 Å². The number of amides is 1. The average molecular weight is 461 g/mol. The lowest BCUT2D eigenvalue weighted by molar-refractivity contribution is 0.0913. The first kappa shape index (κ1) is 22.9. The minimum absolute atomic E-state index is 0.0229. The van der Waals surface area contributed by atoms with E-state index in [1.807, 2.05) is 13.8 Å². The van der Waals surface area contributed by atoms with Crippen molar-refractivity contribution in [2.45, 2.75) is 63.8 Å². The Labute approximate surface area is 189 Å². The summed E-state index contributed by atoms with van der Waals surface area (Å²) < 4.78 is 33.4. The maximum Gasteiger partial charge on any atom is 0.251 e. The molecule has 0 bridgehead atoms. The van der Waals surface area contributed by atoms with Gasteiger partial charge in [-0.15, -0.1) is 0 Å². The lowest BCUT2D eigenvalue weighted by Gasteiger charge is -2.34. The first-order chi connectivity index (χ1) is 15.1. The Morgan fingerprint density at radius 2 is 1.88 bits per heavy atom. The monoisotopic (exact) mass is 460 g/mol. The predicted octanol–water partition coefficient (Wildman–Crippen LogP) is 3.74. The molecular formula is C23H32N4O4S. The van der Waals surface area contributed by atoms with Crippen molar-refractivity contribution in [1.29, 1.82) is 0 Å². The summed E-state index contributed by atoms with van der Waals surface area (Å²) in [6.07, 6.45) is 3.14. The van der Waals surface area contributed by atoms with Crippen LogP contribution in [0.2, 0.25) is 0 Å². The first-order valence-electron chi connectivity index (χ1n) is 11.4. The normalized spacial score (nSPS) is 23.3. The largest absolute Gasteiger partial charge is 0.340 e. The van der Waals surface area contributed by atoms with Crippen molar-refractivity contribution in [3.8, 4) is 0 Å². The Morgan fingerprint density at radius 1 is 1.19 bits per heavy atom. The van der Waals surface area contributed by atoms with E-state index in [1.165, 1.54) is 10.4 Å². The van der Waals surface area contributed by atoms with Crippen LogP contribution in [-0.2, 0) is 10.0 Å². The van der Waals surface area contributed by atoms with Gasteiger partial charge in [-0.1, -0.05) is 38.9 Å². The highest BCUT2D eigenvalue weighted by Crippen LogP contribution is 2.38. The van der Waals surface area contributed by atoms with Gasteiger partial charge in [0.15, 0.2) is 5.82 Å². The van der Waals surface area contributed by atoms with Gasteiger partial charge in [-0.05, 0) is 55.2 Å². The molecule has 2 heterocycles. The number of nitrogens with one attached hydrogen (secondary N) is 1. The molecule has 1 aliphatic carbocycles. The first-order valence-corrected chi connectivity index (χ1v) is 12.8. The van der Waals surface area contributed by atoms with Gasteiger partial charge in [0.2, 0.25) is 15.9 Å². The molecule has 1 saturated carbocycles. The molecule has 3 atom stereocenters. The van der Waals surface area contributed by atoms with Crippen molar-refractivity contribution in [2.75, 3.05) is 13.1 Å². The van der Waals surface area contributed by atoms with Crippen molar-refractivity contribution in [1.82, 2.24) is 19.8 Å². The average Bonchev–Trinajstić information content (AvgIpc) is 3.48. The second-order valence-corrected chi connectivity index (χ2v) is 11.7. The molecule has 8 nitrogen and oxygen atoms in total. The van der Waals surface area contributed by atoms with E-state index < -0.39 is 16.1 Å². The lowest BCUT2D eigenvalue weighted by Crippen LogP contribution is -2.42. The number of rotatable bonds is 7. The third-order valence-corrected chi connectivity index (χ3v) is 8.02. The van der Waals surface area contributed by atoms with E-state index in [0.29, 0.717) is 42.6 Å². The second kappa shape index (κ2) is 8.94. The zero-order valence-electron chi connectivity index (χ0n) is 19.1. The smallest absolute Gasteiger partial charge is 0.251 e. The van der Waals surface area contributed by atoms with Gasteiger partial charge in [0, 0.05) is 24.6 Å². The maximum absolute atomic E-state index is 13.2. The summed E-state index contributed by atoms with van der Waals surface area (Å²) >= 11 is 0. The molecule has 9 heteroatoms. The lowest BCUT2D eigenvalue weighted by atomic mass is 9.94. The van der Waals surface area contributed by atoms with Crippen LogP contribution in [0.4, 0.5) is 0 Å². The predicted molar refractivity (Wildman–Crippen MR) is 119 cm³/mol. The molecule has 1 aromatic carbocycles. The Balaban J connectivity index is 1.53. The Kier molecular flexibility index (Phi) is 6.40. The van der Waals surface area contributed by atoms with Crippen LogP contribution < -0.4 is 5.32 Å². The van der Waals surface area contributed by atoms with Crippen LogP contribution in [0, 0.1) is 17.8 Å². The third kappa shape index (κ3) is 4.88. The van der Waals surface area contributed by atoms with Gasteiger partial charge in [0.25, 0.3) is 5.91 Å². The van der Waals surface area contributed by atoms with Crippen molar-refractivity contribution in [3.63, 3.8) is 0 Å². The number of sulfonamides is 1. The summed E-state index contributed by atoms with van der Waals surface area (Å²) in [5.74, 6) is 1.71. The van der Waals surface area contributed by atoms with E-state index in [0.717, 1.165) is 19.3 Å². The zero-order valence-corrected chi connectivity index (χ0v) is 19.9. The van der Waals surface area contributed by atoms with Crippen molar-refractivity contribution >= 4 is 15.9 Å². The van der Waals surface area contributed by atoms with Crippen LogP contribution in [0.3, 0.4) is 0 Å². The molecule has 3 unspecified atom stereocenters. The molecule has 2 fully saturated rings. The number of benzene rings is 1. The van der Waals surface area contributed by atoms with E-state index >= 15 is 0 Å². The number of carbonyl (C=O) groups is 1. The Bertz CT molecular complexity index is 1070. The van der Waals surface area contributed by atoms with E-state index in [-0.39, 0.29) is 22.3 Å².